The van der Waals surface area contributed by atoms with Gasteiger partial charge in [0.25, 0.3) is 0 Å². The minimum absolute atomic E-state index is 0.377. The zero-order chi connectivity index (χ0) is 24.0. The average Bonchev–Trinajstić information content (AvgIpc) is 3.12. The van der Waals surface area contributed by atoms with E-state index in [0.29, 0.717) is 11.5 Å². The number of para-hydroxylation sites is 2. The van der Waals surface area contributed by atoms with Gasteiger partial charge in [-0.15, -0.1) is 0 Å². The van der Waals surface area contributed by atoms with Gasteiger partial charge in [-0.2, -0.15) is 0 Å². The van der Waals surface area contributed by atoms with Crippen LogP contribution in [0.3, 0.4) is 0 Å². The van der Waals surface area contributed by atoms with E-state index in [1.165, 1.54) is 0 Å². The number of nitrogens with zero attached hydrogens (tertiary/aromatic N) is 2. The van der Waals surface area contributed by atoms with Crippen LogP contribution < -0.4 is 0 Å². The fraction of sp³-hybridized carbons (Fsp3) is 0.226. The summed E-state index contributed by atoms with van der Waals surface area (Å²) >= 11 is 0. The Morgan fingerprint density at radius 3 is 1.34 bits per heavy atom. The van der Waals surface area contributed by atoms with Crippen molar-refractivity contribution in [1.82, 2.24) is 9.80 Å². The maximum absolute atomic E-state index is 11.0. The SMILES string of the molecule is Oc1c(CN2CCCN(Cc3cccc(-c4ccccc4)c3O)CC2)cccc1-c1ccccc1. The number of phenols is 2. The van der Waals surface area contributed by atoms with E-state index >= 15 is 0 Å². The van der Waals surface area contributed by atoms with Gasteiger partial charge in [0.1, 0.15) is 11.5 Å². The fourth-order valence-corrected chi connectivity index (χ4v) is 4.96. The third-order valence-electron chi connectivity index (χ3n) is 6.88. The van der Waals surface area contributed by atoms with Crippen molar-refractivity contribution in [1.29, 1.82) is 0 Å². The van der Waals surface area contributed by atoms with E-state index in [2.05, 4.69) is 9.80 Å². The van der Waals surface area contributed by atoms with Crippen molar-refractivity contribution in [2.75, 3.05) is 26.2 Å². The van der Waals surface area contributed by atoms with E-state index in [1.807, 2.05) is 97.1 Å². The molecule has 1 fully saturated rings. The van der Waals surface area contributed by atoms with E-state index in [9.17, 15) is 10.2 Å². The predicted molar refractivity (Wildman–Crippen MR) is 142 cm³/mol. The molecule has 35 heavy (non-hydrogen) atoms. The molecule has 4 aromatic carbocycles. The summed E-state index contributed by atoms with van der Waals surface area (Å²) in [6.07, 6.45) is 1.05. The summed E-state index contributed by atoms with van der Waals surface area (Å²) in [5.74, 6) is 0.755. The Hall–Kier alpha value is -3.60. The van der Waals surface area contributed by atoms with Gasteiger partial charge in [0.2, 0.25) is 0 Å². The van der Waals surface area contributed by atoms with Gasteiger partial charge in [0.15, 0.2) is 0 Å². The van der Waals surface area contributed by atoms with Gasteiger partial charge in [-0.05, 0) is 30.6 Å². The second kappa shape index (κ2) is 10.8. The highest BCUT2D eigenvalue weighted by Gasteiger charge is 2.19. The molecule has 1 saturated heterocycles. The lowest BCUT2D eigenvalue weighted by atomic mass is 10.0. The molecule has 4 nitrogen and oxygen atoms in total. The molecule has 178 valence electrons. The van der Waals surface area contributed by atoms with E-state index in [0.717, 1.165) is 79.1 Å². The molecule has 2 N–H and O–H groups in total. The minimum Gasteiger partial charge on any atom is -0.507 e. The van der Waals surface area contributed by atoms with Crippen molar-refractivity contribution in [3.05, 3.63) is 108 Å². The van der Waals surface area contributed by atoms with Crippen LogP contribution in [0.1, 0.15) is 17.5 Å². The molecule has 0 aromatic heterocycles. The first-order chi connectivity index (χ1) is 17.2. The highest BCUT2D eigenvalue weighted by molar-refractivity contribution is 5.72. The van der Waals surface area contributed by atoms with Crippen molar-refractivity contribution in [2.24, 2.45) is 0 Å². The van der Waals surface area contributed by atoms with Crippen LogP contribution in [0.5, 0.6) is 11.5 Å². The van der Waals surface area contributed by atoms with Gasteiger partial charge >= 0.3 is 0 Å². The predicted octanol–water partition coefficient (Wildman–Crippen LogP) is 6.14. The number of hydrogen-bond donors (Lipinski definition) is 2. The average molecular weight is 465 g/mol. The van der Waals surface area contributed by atoms with Gasteiger partial charge in [-0.3, -0.25) is 9.80 Å². The third kappa shape index (κ3) is 5.40. The van der Waals surface area contributed by atoms with Crippen LogP contribution >= 0.6 is 0 Å². The normalized spacial score (nSPS) is 15.1. The quantitative estimate of drug-likeness (QED) is 0.360. The van der Waals surface area contributed by atoms with E-state index in [4.69, 9.17) is 0 Å². The minimum atomic E-state index is 0.377. The largest absolute Gasteiger partial charge is 0.507 e. The summed E-state index contributed by atoms with van der Waals surface area (Å²) in [4.78, 5) is 4.84. The van der Waals surface area contributed by atoms with Crippen molar-refractivity contribution >= 4 is 0 Å². The Labute approximate surface area is 207 Å². The molecule has 0 bridgehead atoms. The Morgan fingerprint density at radius 2 is 0.914 bits per heavy atom. The number of rotatable bonds is 6. The standard InChI is InChI=1S/C31H32N2O2/c34-30-26(14-7-16-28(30)24-10-3-1-4-11-24)22-32-18-9-19-33(21-20-32)23-27-15-8-17-29(31(27)35)25-12-5-2-6-13-25/h1-8,10-17,34-35H,9,18-23H2. The first kappa shape index (κ1) is 23.2. The maximum atomic E-state index is 11.0. The van der Waals surface area contributed by atoms with Gasteiger partial charge in [-0.25, -0.2) is 0 Å². The van der Waals surface area contributed by atoms with Gasteiger partial charge in [0.05, 0.1) is 0 Å². The summed E-state index contributed by atoms with van der Waals surface area (Å²) < 4.78 is 0. The van der Waals surface area contributed by atoms with Crippen LogP contribution in [-0.4, -0.2) is 46.2 Å². The van der Waals surface area contributed by atoms with Gasteiger partial charge < -0.3 is 10.2 Å². The number of aromatic hydroxyl groups is 2. The van der Waals surface area contributed by atoms with E-state index in [1.54, 1.807) is 0 Å². The molecule has 1 heterocycles. The Kier molecular flexibility index (Phi) is 7.12. The van der Waals surface area contributed by atoms with Crippen LogP contribution in [0, 0.1) is 0 Å². The molecule has 0 spiro atoms. The molecular formula is C31H32N2O2. The second-order valence-electron chi connectivity index (χ2n) is 9.26. The van der Waals surface area contributed by atoms with E-state index < -0.39 is 0 Å². The molecule has 4 heteroatoms. The number of phenolic OH excluding ortho intramolecular Hbond substituents is 2. The maximum Gasteiger partial charge on any atom is 0.127 e. The molecular weight excluding hydrogens is 432 g/mol. The van der Waals surface area contributed by atoms with Crippen LogP contribution in [-0.2, 0) is 13.1 Å². The lowest BCUT2D eigenvalue weighted by molar-refractivity contribution is 0.244. The third-order valence-corrected chi connectivity index (χ3v) is 6.88. The number of benzene rings is 4. The van der Waals surface area contributed by atoms with Crippen molar-refractivity contribution in [3.8, 4) is 33.8 Å². The zero-order valence-corrected chi connectivity index (χ0v) is 20.0. The van der Waals surface area contributed by atoms with Crippen molar-refractivity contribution < 1.29 is 10.2 Å². The summed E-state index contributed by atoms with van der Waals surface area (Å²) in [5, 5.41) is 22.0. The van der Waals surface area contributed by atoms with Crippen LogP contribution in [0.15, 0.2) is 97.1 Å². The molecule has 5 rings (SSSR count). The van der Waals surface area contributed by atoms with E-state index in [-0.39, 0.29) is 0 Å². The summed E-state index contributed by atoms with van der Waals surface area (Å²) in [6, 6.07) is 32.2. The first-order valence-corrected chi connectivity index (χ1v) is 12.4. The Bertz CT molecular complexity index is 1160. The summed E-state index contributed by atoms with van der Waals surface area (Å²) in [7, 11) is 0. The highest BCUT2D eigenvalue weighted by atomic mass is 16.3. The molecule has 1 aliphatic heterocycles. The molecule has 1 aliphatic rings. The fourth-order valence-electron chi connectivity index (χ4n) is 4.96. The van der Waals surface area contributed by atoms with Gasteiger partial charge in [0, 0.05) is 48.4 Å². The highest BCUT2D eigenvalue weighted by Crippen LogP contribution is 2.34. The van der Waals surface area contributed by atoms with Crippen molar-refractivity contribution in [2.45, 2.75) is 19.5 Å². The zero-order valence-electron chi connectivity index (χ0n) is 20.0. The smallest absolute Gasteiger partial charge is 0.127 e. The first-order valence-electron chi connectivity index (χ1n) is 12.4. The summed E-state index contributed by atoms with van der Waals surface area (Å²) in [6.45, 7) is 5.29. The van der Waals surface area contributed by atoms with Gasteiger partial charge in [-0.1, -0.05) is 97.1 Å². The monoisotopic (exact) mass is 464 g/mol. The topological polar surface area (TPSA) is 46.9 Å². The molecule has 0 unspecified atom stereocenters. The molecule has 0 atom stereocenters. The lowest BCUT2D eigenvalue weighted by Gasteiger charge is -2.23. The Balaban J connectivity index is 1.25. The summed E-state index contributed by atoms with van der Waals surface area (Å²) in [5.41, 5.74) is 5.76. The van der Waals surface area contributed by atoms with Crippen LogP contribution in [0.25, 0.3) is 22.3 Å². The molecule has 0 amide bonds. The molecule has 0 saturated carbocycles. The van der Waals surface area contributed by atoms with Crippen molar-refractivity contribution in [3.63, 3.8) is 0 Å². The molecule has 0 aliphatic carbocycles. The van der Waals surface area contributed by atoms with Crippen LogP contribution in [0.4, 0.5) is 0 Å². The second-order valence-corrected chi connectivity index (χ2v) is 9.26. The van der Waals surface area contributed by atoms with Crippen LogP contribution in [0.2, 0.25) is 0 Å². The molecule has 0 radical (unpaired) electrons. The molecule has 4 aromatic rings. The number of hydrogen-bond acceptors (Lipinski definition) is 4. The lowest BCUT2D eigenvalue weighted by Crippen LogP contribution is -2.30. The Morgan fingerprint density at radius 1 is 0.486 bits per heavy atom.